The van der Waals surface area contributed by atoms with Crippen molar-refractivity contribution in [2.75, 3.05) is 5.32 Å². The number of aromatic nitrogens is 2. The number of aryl methyl sites for hydroxylation is 1. The third-order valence-corrected chi connectivity index (χ3v) is 3.39. The monoisotopic (exact) mass is 299 g/mol. The van der Waals surface area contributed by atoms with Gasteiger partial charge in [0.2, 0.25) is 0 Å². The van der Waals surface area contributed by atoms with E-state index >= 15 is 0 Å². The third kappa shape index (κ3) is 2.77. The molecular formula is C11H11BrClN3. The molecule has 2 aromatic rings. The van der Waals surface area contributed by atoms with Crippen LogP contribution in [-0.4, -0.2) is 9.78 Å². The van der Waals surface area contributed by atoms with Crippen LogP contribution in [0.15, 0.2) is 34.9 Å². The van der Waals surface area contributed by atoms with Gasteiger partial charge in [0.15, 0.2) is 0 Å². The fraction of sp³-hybridized carbons (Fsp3) is 0.182. The Morgan fingerprint density at radius 2 is 2.25 bits per heavy atom. The lowest BCUT2D eigenvalue weighted by atomic mass is 10.3. The van der Waals surface area contributed by atoms with Crippen LogP contribution in [0.3, 0.4) is 0 Å². The zero-order valence-electron chi connectivity index (χ0n) is 8.74. The van der Waals surface area contributed by atoms with Gasteiger partial charge in [0.1, 0.15) is 0 Å². The highest BCUT2D eigenvalue weighted by Crippen LogP contribution is 2.25. The second-order valence-corrected chi connectivity index (χ2v) is 4.72. The summed E-state index contributed by atoms with van der Waals surface area (Å²) in [6, 6.07) is 7.75. The molecule has 84 valence electrons. The van der Waals surface area contributed by atoms with Gasteiger partial charge in [0.25, 0.3) is 0 Å². The summed E-state index contributed by atoms with van der Waals surface area (Å²) < 4.78 is 2.68. The van der Waals surface area contributed by atoms with E-state index in [0.29, 0.717) is 11.6 Å². The molecule has 5 heteroatoms. The first-order valence-corrected chi connectivity index (χ1v) is 6.00. The molecule has 1 heterocycles. The van der Waals surface area contributed by atoms with Crippen molar-refractivity contribution in [2.24, 2.45) is 7.05 Å². The number of halogens is 2. The zero-order valence-corrected chi connectivity index (χ0v) is 11.1. The van der Waals surface area contributed by atoms with Crippen LogP contribution in [-0.2, 0) is 13.6 Å². The highest BCUT2D eigenvalue weighted by molar-refractivity contribution is 9.10. The SMILES string of the molecule is Cn1ccc(CNc2ccc(Br)c(Cl)c2)n1. The zero-order chi connectivity index (χ0) is 11.5. The number of anilines is 1. The molecule has 0 aliphatic heterocycles. The number of nitrogens with one attached hydrogen (secondary N) is 1. The summed E-state index contributed by atoms with van der Waals surface area (Å²) >= 11 is 9.35. The molecule has 0 bridgehead atoms. The van der Waals surface area contributed by atoms with Gasteiger partial charge in [-0.3, -0.25) is 4.68 Å². The van der Waals surface area contributed by atoms with Gasteiger partial charge in [-0.1, -0.05) is 11.6 Å². The molecule has 0 radical (unpaired) electrons. The van der Waals surface area contributed by atoms with Crippen molar-refractivity contribution in [1.29, 1.82) is 0 Å². The largest absolute Gasteiger partial charge is 0.379 e. The van der Waals surface area contributed by atoms with E-state index < -0.39 is 0 Å². The molecule has 2 rings (SSSR count). The molecule has 1 aromatic carbocycles. The third-order valence-electron chi connectivity index (χ3n) is 2.16. The average Bonchev–Trinajstić information content (AvgIpc) is 2.66. The van der Waals surface area contributed by atoms with Crippen LogP contribution in [0.2, 0.25) is 5.02 Å². The lowest BCUT2D eigenvalue weighted by Crippen LogP contribution is -2.01. The molecule has 0 atom stereocenters. The first-order chi connectivity index (χ1) is 7.65. The summed E-state index contributed by atoms with van der Waals surface area (Å²) in [7, 11) is 1.90. The standard InChI is InChI=1S/C11H11BrClN3/c1-16-5-4-9(15-16)7-14-8-2-3-10(12)11(13)6-8/h2-6,14H,7H2,1H3. The van der Waals surface area contributed by atoms with Gasteiger partial charge in [-0.2, -0.15) is 5.10 Å². The van der Waals surface area contributed by atoms with Gasteiger partial charge in [-0.25, -0.2) is 0 Å². The van der Waals surface area contributed by atoms with E-state index in [-0.39, 0.29) is 0 Å². The average molecular weight is 301 g/mol. The maximum atomic E-state index is 5.99. The van der Waals surface area contributed by atoms with Gasteiger partial charge in [-0.05, 0) is 40.2 Å². The predicted molar refractivity (Wildman–Crippen MR) is 69.7 cm³/mol. The fourth-order valence-corrected chi connectivity index (χ4v) is 1.78. The van der Waals surface area contributed by atoms with Crippen molar-refractivity contribution in [3.05, 3.63) is 45.7 Å². The molecule has 0 fully saturated rings. The van der Waals surface area contributed by atoms with Crippen LogP contribution in [0, 0.1) is 0 Å². The van der Waals surface area contributed by atoms with E-state index in [2.05, 4.69) is 26.3 Å². The number of hydrogen-bond donors (Lipinski definition) is 1. The topological polar surface area (TPSA) is 29.9 Å². The maximum absolute atomic E-state index is 5.99. The van der Waals surface area contributed by atoms with E-state index in [1.54, 1.807) is 4.68 Å². The second kappa shape index (κ2) is 4.89. The van der Waals surface area contributed by atoms with E-state index in [1.165, 1.54) is 0 Å². The van der Waals surface area contributed by atoms with Crippen molar-refractivity contribution in [2.45, 2.75) is 6.54 Å². The molecule has 1 aromatic heterocycles. The van der Waals surface area contributed by atoms with Gasteiger partial charge >= 0.3 is 0 Å². The molecule has 0 saturated heterocycles. The van der Waals surface area contributed by atoms with Crippen molar-refractivity contribution in [3.63, 3.8) is 0 Å². The van der Waals surface area contributed by atoms with E-state index in [0.717, 1.165) is 15.9 Å². The molecule has 16 heavy (non-hydrogen) atoms. The van der Waals surface area contributed by atoms with Crippen molar-refractivity contribution in [3.8, 4) is 0 Å². The molecule has 0 aliphatic carbocycles. The Morgan fingerprint density at radius 1 is 1.44 bits per heavy atom. The summed E-state index contributed by atoms with van der Waals surface area (Å²) in [5.74, 6) is 0. The lowest BCUT2D eigenvalue weighted by Gasteiger charge is -2.05. The molecular weight excluding hydrogens is 289 g/mol. The summed E-state index contributed by atoms with van der Waals surface area (Å²) in [5, 5.41) is 8.24. The molecule has 0 saturated carbocycles. The first-order valence-electron chi connectivity index (χ1n) is 4.82. The predicted octanol–water partition coefficient (Wildman–Crippen LogP) is 3.45. The number of rotatable bonds is 3. The summed E-state index contributed by atoms with van der Waals surface area (Å²) in [5.41, 5.74) is 1.99. The minimum Gasteiger partial charge on any atom is -0.379 e. The Bertz CT molecular complexity index is 496. The van der Waals surface area contributed by atoms with Gasteiger partial charge in [0, 0.05) is 23.4 Å². The van der Waals surface area contributed by atoms with Crippen LogP contribution >= 0.6 is 27.5 Å². The quantitative estimate of drug-likeness (QED) is 0.941. The number of benzene rings is 1. The Kier molecular flexibility index (Phi) is 3.51. The van der Waals surface area contributed by atoms with Crippen LogP contribution < -0.4 is 5.32 Å². The van der Waals surface area contributed by atoms with Crippen molar-refractivity contribution in [1.82, 2.24) is 9.78 Å². The normalized spacial score (nSPS) is 10.4. The minimum atomic E-state index is 0.693. The number of nitrogens with zero attached hydrogens (tertiary/aromatic N) is 2. The molecule has 0 spiro atoms. The Labute approximate surface area is 108 Å². The van der Waals surface area contributed by atoms with Crippen LogP contribution in [0.1, 0.15) is 5.69 Å². The summed E-state index contributed by atoms with van der Waals surface area (Å²) in [6.07, 6.45) is 1.92. The van der Waals surface area contributed by atoms with E-state index in [1.807, 2.05) is 37.5 Å². The maximum Gasteiger partial charge on any atom is 0.0815 e. The van der Waals surface area contributed by atoms with E-state index in [9.17, 15) is 0 Å². The summed E-state index contributed by atoms with van der Waals surface area (Å²) in [4.78, 5) is 0. The van der Waals surface area contributed by atoms with Gasteiger partial charge in [0.05, 0.1) is 17.3 Å². The van der Waals surface area contributed by atoms with E-state index in [4.69, 9.17) is 11.6 Å². The molecule has 3 nitrogen and oxygen atoms in total. The van der Waals surface area contributed by atoms with Crippen LogP contribution in [0.25, 0.3) is 0 Å². The highest BCUT2D eigenvalue weighted by Gasteiger charge is 2.00. The molecule has 0 aliphatic rings. The first kappa shape index (κ1) is 11.5. The van der Waals surface area contributed by atoms with Crippen LogP contribution in [0.4, 0.5) is 5.69 Å². The van der Waals surface area contributed by atoms with Gasteiger partial charge in [-0.15, -0.1) is 0 Å². The van der Waals surface area contributed by atoms with Crippen molar-refractivity contribution >= 4 is 33.2 Å². The van der Waals surface area contributed by atoms with Crippen LogP contribution in [0.5, 0.6) is 0 Å². The van der Waals surface area contributed by atoms with Gasteiger partial charge < -0.3 is 5.32 Å². The minimum absolute atomic E-state index is 0.693. The molecule has 0 amide bonds. The Balaban J connectivity index is 2.02. The fourth-order valence-electron chi connectivity index (χ4n) is 1.36. The Hall–Kier alpha value is -1.00. The number of hydrogen-bond acceptors (Lipinski definition) is 2. The second-order valence-electron chi connectivity index (χ2n) is 3.46. The lowest BCUT2D eigenvalue weighted by molar-refractivity contribution is 0.747. The Morgan fingerprint density at radius 3 is 2.88 bits per heavy atom. The smallest absolute Gasteiger partial charge is 0.0815 e. The molecule has 1 N–H and O–H groups in total. The molecule has 0 unspecified atom stereocenters. The summed E-state index contributed by atoms with van der Waals surface area (Å²) in [6.45, 7) is 0.693. The van der Waals surface area contributed by atoms with Crippen molar-refractivity contribution < 1.29 is 0 Å². The highest BCUT2D eigenvalue weighted by atomic mass is 79.9.